The van der Waals surface area contributed by atoms with Crippen LogP contribution < -0.4 is 5.73 Å². The molecule has 2 heteroatoms. The topological polar surface area (TPSA) is 35.2 Å². The van der Waals surface area contributed by atoms with Crippen LogP contribution in [-0.2, 0) is 4.74 Å². The lowest BCUT2D eigenvalue weighted by Gasteiger charge is -2.46. The maximum absolute atomic E-state index is 6.30. The van der Waals surface area contributed by atoms with Crippen LogP contribution in [0.4, 0.5) is 0 Å². The first-order valence-corrected chi connectivity index (χ1v) is 6.26. The van der Waals surface area contributed by atoms with Gasteiger partial charge in [-0.3, -0.25) is 0 Å². The number of hydrogen-bond donors (Lipinski definition) is 1. The molecule has 0 saturated heterocycles. The molecule has 0 aromatic heterocycles. The van der Waals surface area contributed by atoms with Crippen molar-refractivity contribution in [1.29, 1.82) is 0 Å². The molecule has 1 unspecified atom stereocenters. The van der Waals surface area contributed by atoms with Gasteiger partial charge in [-0.05, 0) is 44.4 Å². The van der Waals surface area contributed by atoms with Crippen LogP contribution in [0.25, 0.3) is 0 Å². The quantitative estimate of drug-likeness (QED) is 0.745. The van der Waals surface area contributed by atoms with E-state index in [1.807, 2.05) is 6.92 Å². The fraction of sp³-hybridized carbons (Fsp3) is 0.857. The van der Waals surface area contributed by atoms with Gasteiger partial charge >= 0.3 is 0 Å². The average molecular weight is 225 g/mol. The highest BCUT2D eigenvalue weighted by Crippen LogP contribution is 2.43. The molecule has 0 bridgehead atoms. The van der Waals surface area contributed by atoms with Crippen LogP contribution in [0.3, 0.4) is 0 Å². The average Bonchev–Trinajstić information content (AvgIpc) is 2.17. The minimum absolute atomic E-state index is 0.0890. The molecule has 0 aromatic rings. The Kier molecular flexibility index (Phi) is 4.19. The van der Waals surface area contributed by atoms with Crippen LogP contribution >= 0.6 is 0 Å². The number of hydrogen-bond acceptors (Lipinski definition) is 2. The van der Waals surface area contributed by atoms with Crippen molar-refractivity contribution in [2.45, 2.75) is 64.5 Å². The first-order valence-electron chi connectivity index (χ1n) is 6.26. The van der Waals surface area contributed by atoms with Crippen molar-refractivity contribution in [2.24, 2.45) is 11.1 Å². The van der Waals surface area contributed by atoms with E-state index in [-0.39, 0.29) is 11.6 Å². The van der Waals surface area contributed by atoms with Gasteiger partial charge in [0.15, 0.2) is 0 Å². The third-order valence-electron chi connectivity index (χ3n) is 4.10. The molecule has 0 heterocycles. The molecule has 2 nitrogen and oxygen atoms in total. The summed E-state index contributed by atoms with van der Waals surface area (Å²) in [4.78, 5) is 0. The van der Waals surface area contributed by atoms with Gasteiger partial charge in [0, 0.05) is 13.2 Å². The molecule has 0 radical (unpaired) electrons. The normalized spacial score (nSPS) is 25.1. The van der Waals surface area contributed by atoms with E-state index in [1.54, 1.807) is 7.11 Å². The van der Waals surface area contributed by atoms with Crippen molar-refractivity contribution in [2.75, 3.05) is 7.11 Å². The minimum atomic E-state index is -0.117. The number of nitrogens with two attached hydrogens (primary N) is 1. The standard InChI is InChI=1S/C14H27NO/c1-11(2)10-12(15)14(16-5)8-6-13(3,4)7-9-14/h12H,1,6-10,15H2,2-5H3. The summed E-state index contributed by atoms with van der Waals surface area (Å²) in [6.45, 7) is 10.6. The monoisotopic (exact) mass is 225 g/mol. The van der Waals surface area contributed by atoms with Gasteiger partial charge in [-0.1, -0.05) is 19.4 Å². The number of ether oxygens (including phenoxy) is 1. The third kappa shape index (κ3) is 3.08. The zero-order chi connectivity index (χ0) is 12.4. The Balaban J connectivity index is 2.69. The lowest BCUT2D eigenvalue weighted by atomic mass is 9.68. The second-order valence-corrected chi connectivity index (χ2v) is 6.20. The molecule has 1 aliphatic carbocycles. The molecule has 1 aliphatic rings. The molecule has 1 atom stereocenters. The molecule has 2 N–H and O–H groups in total. The Labute approximate surface area is 100 Å². The van der Waals surface area contributed by atoms with Gasteiger partial charge in [0.05, 0.1) is 5.60 Å². The van der Waals surface area contributed by atoms with E-state index in [4.69, 9.17) is 10.5 Å². The molecule has 0 amide bonds. The van der Waals surface area contributed by atoms with Crippen molar-refractivity contribution in [1.82, 2.24) is 0 Å². The minimum Gasteiger partial charge on any atom is -0.377 e. The molecule has 1 rings (SSSR count). The molecule has 1 fully saturated rings. The SMILES string of the molecule is C=C(C)CC(N)C1(OC)CCC(C)(C)CC1. The lowest BCUT2D eigenvalue weighted by Crippen LogP contribution is -2.52. The molecular weight excluding hydrogens is 198 g/mol. The van der Waals surface area contributed by atoms with Crippen LogP contribution in [0, 0.1) is 5.41 Å². The highest BCUT2D eigenvalue weighted by Gasteiger charge is 2.42. The maximum Gasteiger partial charge on any atom is 0.0832 e. The molecule has 0 aliphatic heterocycles. The molecule has 1 saturated carbocycles. The van der Waals surface area contributed by atoms with Crippen LogP contribution in [0.15, 0.2) is 12.2 Å². The molecule has 94 valence electrons. The van der Waals surface area contributed by atoms with Gasteiger partial charge < -0.3 is 10.5 Å². The Morgan fingerprint density at radius 1 is 1.31 bits per heavy atom. The number of rotatable bonds is 4. The fourth-order valence-corrected chi connectivity index (χ4v) is 2.64. The van der Waals surface area contributed by atoms with Gasteiger partial charge in [-0.15, -0.1) is 6.58 Å². The summed E-state index contributed by atoms with van der Waals surface area (Å²) in [5.74, 6) is 0. The van der Waals surface area contributed by atoms with Crippen LogP contribution in [-0.4, -0.2) is 18.8 Å². The summed E-state index contributed by atoms with van der Waals surface area (Å²) in [6, 6.07) is 0.0890. The zero-order valence-electron chi connectivity index (χ0n) is 11.3. The first-order chi connectivity index (χ1) is 7.31. The summed E-state index contributed by atoms with van der Waals surface area (Å²) in [6.07, 6.45) is 5.42. The van der Waals surface area contributed by atoms with Gasteiger partial charge in [0.25, 0.3) is 0 Å². The van der Waals surface area contributed by atoms with E-state index in [0.29, 0.717) is 5.41 Å². The van der Waals surface area contributed by atoms with Crippen LogP contribution in [0.2, 0.25) is 0 Å². The summed E-state index contributed by atoms with van der Waals surface area (Å²) >= 11 is 0. The van der Waals surface area contributed by atoms with Gasteiger partial charge in [-0.2, -0.15) is 0 Å². The second-order valence-electron chi connectivity index (χ2n) is 6.20. The Morgan fingerprint density at radius 3 is 2.19 bits per heavy atom. The summed E-state index contributed by atoms with van der Waals surface area (Å²) in [5, 5.41) is 0. The Hall–Kier alpha value is -0.340. The highest BCUT2D eigenvalue weighted by molar-refractivity contribution is 5.03. The van der Waals surface area contributed by atoms with Gasteiger partial charge in [0.2, 0.25) is 0 Å². The van der Waals surface area contributed by atoms with Crippen molar-refractivity contribution in [3.8, 4) is 0 Å². The Morgan fingerprint density at radius 2 is 1.81 bits per heavy atom. The predicted octanol–water partition coefficient (Wildman–Crippen LogP) is 3.27. The van der Waals surface area contributed by atoms with Crippen molar-refractivity contribution < 1.29 is 4.74 Å². The Bertz CT molecular complexity index is 247. The maximum atomic E-state index is 6.30. The van der Waals surface area contributed by atoms with E-state index in [9.17, 15) is 0 Å². The van der Waals surface area contributed by atoms with Crippen LogP contribution in [0.5, 0.6) is 0 Å². The third-order valence-corrected chi connectivity index (χ3v) is 4.10. The van der Waals surface area contributed by atoms with Crippen molar-refractivity contribution in [3.05, 3.63) is 12.2 Å². The molecule has 0 spiro atoms. The first kappa shape index (κ1) is 13.7. The van der Waals surface area contributed by atoms with E-state index in [1.165, 1.54) is 12.8 Å². The zero-order valence-corrected chi connectivity index (χ0v) is 11.3. The van der Waals surface area contributed by atoms with E-state index < -0.39 is 0 Å². The summed E-state index contributed by atoms with van der Waals surface area (Å²) < 4.78 is 5.77. The summed E-state index contributed by atoms with van der Waals surface area (Å²) in [5.41, 5.74) is 7.78. The van der Waals surface area contributed by atoms with E-state index in [2.05, 4.69) is 20.4 Å². The van der Waals surface area contributed by atoms with Crippen molar-refractivity contribution >= 4 is 0 Å². The molecule has 16 heavy (non-hydrogen) atoms. The van der Waals surface area contributed by atoms with Gasteiger partial charge in [0.1, 0.15) is 0 Å². The smallest absolute Gasteiger partial charge is 0.0832 e. The van der Waals surface area contributed by atoms with Crippen molar-refractivity contribution in [3.63, 3.8) is 0 Å². The highest BCUT2D eigenvalue weighted by atomic mass is 16.5. The summed E-state index contributed by atoms with van der Waals surface area (Å²) in [7, 11) is 1.80. The molecular formula is C14H27NO. The van der Waals surface area contributed by atoms with E-state index >= 15 is 0 Å². The second kappa shape index (κ2) is 4.89. The number of methoxy groups -OCH3 is 1. The molecule has 0 aromatic carbocycles. The predicted molar refractivity (Wildman–Crippen MR) is 69.4 cm³/mol. The fourth-order valence-electron chi connectivity index (χ4n) is 2.64. The van der Waals surface area contributed by atoms with Gasteiger partial charge in [-0.25, -0.2) is 0 Å². The lowest BCUT2D eigenvalue weighted by molar-refractivity contribution is -0.0780. The largest absolute Gasteiger partial charge is 0.377 e. The van der Waals surface area contributed by atoms with Crippen LogP contribution in [0.1, 0.15) is 52.9 Å². The van der Waals surface area contributed by atoms with E-state index in [0.717, 1.165) is 24.8 Å².